The Kier molecular flexibility index (Phi) is 17.7. The Morgan fingerprint density at radius 2 is 0.765 bits per heavy atom. The van der Waals surface area contributed by atoms with Gasteiger partial charge in [-0.1, -0.05) is 158 Å². The molecule has 0 aliphatic rings. The zero-order valence-electron chi connectivity index (χ0n) is 32.8. The first kappa shape index (κ1) is 40.3. The van der Waals surface area contributed by atoms with Gasteiger partial charge in [-0.3, -0.25) is 0 Å². The van der Waals surface area contributed by atoms with Gasteiger partial charge in [0.15, 0.2) is 0 Å². The van der Waals surface area contributed by atoms with Crippen LogP contribution in [-0.2, 0) is 12.8 Å². The molecule has 0 radical (unpaired) electrons. The lowest BCUT2D eigenvalue weighted by molar-refractivity contribution is 0.578. The molecule has 2 atom stereocenters. The third-order valence-corrected chi connectivity index (χ3v) is 11.2. The van der Waals surface area contributed by atoms with Crippen LogP contribution in [0.25, 0.3) is 0 Å². The predicted octanol–water partition coefficient (Wildman–Crippen LogP) is 14.2. The third-order valence-electron chi connectivity index (χ3n) is 11.2. The fourth-order valence-electron chi connectivity index (χ4n) is 8.11. The number of aryl methyl sites for hydroxylation is 4. The molecule has 0 aliphatic carbocycles. The summed E-state index contributed by atoms with van der Waals surface area (Å²) in [4.78, 5) is 0. The van der Waals surface area contributed by atoms with Crippen LogP contribution in [0.2, 0.25) is 0 Å². The number of unbranched alkanes of at least 4 members (excludes halogenated alkanes) is 12. The first-order valence-corrected chi connectivity index (χ1v) is 20.8. The molecular weight excluding hydrogens is 617 g/mol. The summed E-state index contributed by atoms with van der Waals surface area (Å²) in [7, 11) is 0. The van der Waals surface area contributed by atoms with Gasteiger partial charge in [0.2, 0.25) is 0 Å². The van der Waals surface area contributed by atoms with Gasteiger partial charge in [0, 0.05) is 23.2 Å². The summed E-state index contributed by atoms with van der Waals surface area (Å²) in [6, 6.07) is 32.1. The molecule has 2 heteroatoms. The lowest BCUT2D eigenvalue weighted by Crippen LogP contribution is -2.05. The molecule has 0 spiro atoms. The van der Waals surface area contributed by atoms with Gasteiger partial charge in [-0.2, -0.15) is 0 Å². The topological polar surface area (TPSA) is 52.0 Å². The molecular formula is C49H70N2. The average Bonchev–Trinajstić information content (AvgIpc) is 3.13. The minimum Gasteiger partial charge on any atom is -0.399 e. The summed E-state index contributed by atoms with van der Waals surface area (Å²) in [5, 5.41) is 0. The normalized spacial score (nSPS) is 12.6. The van der Waals surface area contributed by atoms with Crippen molar-refractivity contribution in [2.24, 2.45) is 0 Å². The fourth-order valence-corrected chi connectivity index (χ4v) is 8.11. The van der Waals surface area contributed by atoms with Crippen molar-refractivity contribution < 1.29 is 0 Å². The highest BCUT2D eigenvalue weighted by Gasteiger charge is 2.18. The molecule has 0 aliphatic heterocycles. The van der Waals surface area contributed by atoms with Gasteiger partial charge >= 0.3 is 0 Å². The molecule has 0 amide bonds. The van der Waals surface area contributed by atoms with E-state index < -0.39 is 0 Å². The number of nitrogens with two attached hydrogens (primary N) is 2. The van der Waals surface area contributed by atoms with Crippen LogP contribution in [0, 0.1) is 13.8 Å². The second-order valence-electron chi connectivity index (χ2n) is 15.5. The Labute approximate surface area is 312 Å². The fraction of sp³-hybridized carbons (Fsp3) is 0.510. The van der Waals surface area contributed by atoms with Crippen molar-refractivity contribution in [1.29, 1.82) is 0 Å². The van der Waals surface area contributed by atoms with E-state index in [2.05, 4.69) is 113 Å². The zero-order chi connectivity index (χ0) is 36.3. The molecule has 4 aromatic rings. The van der Waals surface area contributed by atoms with Crippen molar-refractivity contribution in [3.63, 3.8) is 0 Å². The van der Waals surface area contributed by atoms with Gasteiger partial charge in [-0.25, -0.2) is 0 Å². The van der Waals surface area contributed by atoms with E-state index in [4.69, 9.17) is 11.5 Å². The quantitative estimate of drug-likeness (QED) is 0.0569. The Balaban J connectivity index is 1.15. The highest BCUT2D eigenvalue weighted by atomic mass is 14.5. The molecule has 0 fully saturated rings. The molecule has 0 saturated heterocycles. The minimum absolute atomic E-state index is 0.456. The molecule has 4 aromatic carbocycles. The Morgan fingerprint density at radius 1 is 0.412 bits per heavy atom. The molecule has 0 saturated carbocycles. The SMILES string of the molecule is CCCCCCC(c1ccc(CCCCCCCCCc2ccc(C(CCCCCC)c3ccc(N)cc3C)cc2)cc1)c1ccc(N)cc1C. The van der Waals surface area contributed by atoms with E-state index in [9.17, 15) is 0 Å². The van der Waals surface area contributed by atoms with Crippen molar-refractivity contribution in [2.45, 2.75) is 162 Å². The van der Waals surface area contributed by atoms with Crippen LogP contribution in [0.1, 0.15) is 179 Å². The maximum atomic E-state index is 6.09. The smallest absolute Gasteiger partial charge is 0.0316 e. The standard InChI is InChI=1S/C49H70N2/c1-5-7-9-18-22-48(46-34-32-44(50)36-38(46)3)42-28-24-40(25-29-42)20-16-14-12-11-13-15-17-21-41-26-30-43(31-27-41)49(23-19-10-8-6-2)47-35-33-45(51)37-39(47)4/h24-37,48-49H,5-23,50-51H2,1-4H3. The van der Waals surface area contributed by atoms with E-state index >= 15 is 0 Å². The molecule has 2 nitrogen and oxygen atoms in total. The van der Waals surface area contributed by atoms with E-state index in [-0.39, 0.29) is 0 Å². The summed E-state index contributed by atoms with van der Waals surface area (Å²) >= 11 is 0. The predicted molar refractivity (Wildman–Crippen MR) is 225 cm³/mol. The maximum absolute atomic E-state index is 6.09. The molecule has 4 rings (SSSR count). The molecule has 2 unspecified atom stereocenters. The van der Waals surface area contributed by atoms with Crippen LogP contribution < -0.4 is 11.5 Å². The number of anilines is 2. The number of hydrogen-bond acceptors (Lipinski definition) is 2. The van der Waals surface area contributed by atoms with Crippen LogP contribution >= 0.6 is 0 Å². The van der Waals surface area contributed by atoms with Gasteiger partial charge in [0.05, 0.1) is 0 Å². The lowest BCUT2D eigenvalue weighted by Gasteiger charge is -2.21. The van der Waals surface area contributed by atoms with Crippen molar-refractivity contribution in [3.8, 4) is 0 Å². The summed E-state index contributed by atoms with van der Waals surface area (Å²) in [6.45, 7) is 9.01. The van der Waals surface area contributed by atoms with Crippen LogP contribution in [-0.4, -0.2) is 0 Å². The van der Waals surface area contributed by atoms with Crippen LogP contribution in [0.4, 0.5) is 11.4 Å². The second-order valence-corrected chi connectivity index (χ2v) is 15.5. The van der Waals surface area contributed by atoms with E-state index in [0.717, 1.165) is 11.4 Å². The molecule has 0 bridgehead atoms. The summed E-state index contributed by atoms with van der Waals surface area (Å²) in [5.41, 5.74) is 25.3. The number of nitrogen functional groups attached to an aromatic ring is 2. The molecule has 0 aromatic heterocycles. The number of benzene rings is 4. The highest BCUT2D eigenvalue weighted by molar-refractivity contribution is 5.49. The second kappa shape index (κ2) is 22.4. The first-order valence-electron chi connectivity index (χ1n) is 20.8. The van der Waals surface area contributed by atoms with Gasteiger partial charge in [-0.15, -0.1) is 0 Å². The van der Waals surface area contributed by atoms with E-state index in [0.29, 0.717) is 11.8 Å². The Hall–Kier alpha value is -3.52. The van der Waals surface area contributed by atoms with Gasteiger partial charge in [0.1, 0.15) is 0 Å². The number of hydrogen-bond donors (Lipinski definition) is 2. The first-order chi connectivity index (χ1) is 24.9. The van der Waals surface area contributed by atoms with Crippen LogP contribution in [0.3, 0.4) is 0 Å². The van der Waals surface area contributed by atoms with Gasteiger partial charge in [-0.05, 0) is 121 Å². The molecule has 276 valence electrons. The van der Waals surface area contributed by atoms with E-state index in [1.807, 2.05) is 0 Å². The third kappa shape index (κ3) is 13.5. The largest absolute Gasteiger partial charge is 0.399 e. The van der Waals surface area contributed by atoms with Gasteiger partial charge < -0.3 is 11.5 Å². The molecule has 0 heterocycles. The number of rotatable bonds is 24. The van der Waals surface area contributed by atoms with E-state index in [1.54, 1.807) is 0 Å². The van der Waals surface area contributed by atoms with Crippen molar-refractivity contribution >= 4 is 11.4 Å². The molecule has 4 N–H and O–H groups in total. The van der Waals surface area contributed by atoms with Crippen LogP contribution in [0.5, 0.6) is 0 Å². The van der Waals surface area contributed by atoms with Crippen molar-refractivity contribution in [1.82, 2.24) is 0 Å². The average molecular weight is 687 g/mol. The highest BCUT2D eigenvalue weighted by Crippen LogP contribution is 2.35. The van der Waals surface area contributed by atoms with Gasteiger partial charge in [0.25, 0.3) is 0 Å². The monoisotopic (exact) mass is 687 g/mol. The van der Waals surface area contributed by atoms with Crippen molar-refractivity contribution in [3.05, 3.63) is 129 Å². The van der Waals surface area contributed by atoms with E-state index in [1.165, 1.54) is 167 Å². The Bertz CT molecular complexity index is 1420. The zero-order valence-corrected chi connectivity index (χ0v) is 32.8. The summed E-state index contributed by atoms with van der Waals surface area (Å²) in [5.74, 6) is 0.913. The molecule has 51 heavy (non-hydrogen) atoms. The van der Waals surface area contributed by atoms with Crippen LogP contribution in [0.15, 0.2) is 84.9 Å². The minimum atomic E-state index is 0.456. The van der Waals surface area contributed by atoms with Crippen molar-refractivity contribution in [2.75, 3.05) is 11.5 Å². The maximum Gasteiger partial charge on any atom is 0.0316 e. The summed E-state index contributed by atoms with van der Waals surface area (Å²) in [6.07, 6.45) is 24.5. The summed E-state index contributed by atoms with van der Waals surface area (Å²) < 4.78 is 0. The Morgan fingerprint density at radius 3 is 1.12 bits per heavy atom. The lowest BCUT2D eigenvalue weighted by atomic mass is 9.84.